The Balaban J connectivity index is 1.30. The number of hydrogen-bond acceptors (Lipinski definition) is 8. The van der Waals surface area contributed by atoms with Crippen molar-refractivity contribution in [1.82, 2.24) is 16.0 Å². The maximum atomic E-state index is 13.6. The fraction of sp³-hybridized carbons (Fsp3) is 0.514. The van der Waals surface area contributed by atoms with E-state index in [-0.39, 0.29) is 46.5 Å². The molecule has 0 saturated carbocycles. The van der Waals surface area contributed by atoms with Crippen LogP contribution in [0.3, 0.4) is 0 Å². The Bertz CT molecular complexity index is 1390. The van der Waals surface area contributed by atoms with Crippen LogP contribution < -0.4 is 21.3 Å². The Hall–Kier alpha value is -3.52. The van der Waals surface area contributed by atoms with Gasteiger partial charge in [0.1, 0.15) is 0 Å². The molecule has 0 fully saturated rings. The second-order valence-corrected chi connectivity index (χ2v) is 13.0. The lowest BCUT2D eigenvalue weighted by molar-refractivity contribution is -0.133. The Morgan fingerprint density at radius 2 is 1.47 bits per heavy atom. The third kappa shape index (κ3) is 15.7. The smallest absolute Gasteiger partial charge is 0.258 e. The second kappa shape index (κ2) is 23.9. The average molecular weight is 750 g/mol. The molecule has 1 aliphatic rings. The monoisotopic (exact) mass is 748 g/mol. The quantitative estimate of drug-likeness (QED) is 0.0647. The van der Waals surface area contributed by atoms with Gasteiger partial charge in [0.15, 0.2) is 0 Å². The maximum absolute atomic E-state index is 13.6. The zero-order chi connectivity index (χ0) is 36.7. The first-order valence-corrected chi connectivity index (χ1v) is 18.0. The molecule has 2 aromatic carbocycles. The van der Waals surface area contributed by atoms with Crippen LogP contribution in [-0.4, -0.2) is 96.1 Å². The number of halogens is 2. The van der Waals surface area contributed by atoms with E-state index in [4.69, 9.17) is 42.1 Å². The van der Waals surface area contributed by atoms with Gasteiger partial charge in [0.2, 0.25) is 18.2 Å². The zero-order valence-electron chi connectivity index (χ0n) is 29.2. The van der Waals surface area contributed by atoms with Crippen molar-refractivity contribution in [2.45, 2.75) is 51.5 Å². The summed E-state index contributed by atoms with van der Waals surface area (Å²) in [4.78, 5) is 48.9. The molecule has 51 heavy (non-hydrogen) atoms. The Morgan fingerprint density at radius 3 is 2.08 bits per heavy atom. The topological polar surface area (TPSA) is 153 Å². The molecule has 2 unspecified atom stereocenters. The van der Waals surface area contributed by atoms with Crippen LogP contribution in [-0.2, 0) is 39.8 Å². The van der Waals surface area contributed by atoms with E-state index in [9.17, 15) is 19.2 Å². The fourth-order valence-corrected chi connectivity index (χ4v) is 6.06. The van der Waals surface area contributed by atoms with Gasteiger partial charge in [-0.3, -0.25) is 19.2 Å². The predicted octanol–water partition coefficient (Wildman–Crippen LogP) is 4.73. The molecule has 0 aliphatic heterocycles. The average Bonchev–Trinajstić information content (AvgIpc) is 3.11. The number of rotatable bonds is 25. The standard InChI is InChI=1S/C37H50Cl2N4O8/c1-28(26-29-8-10-30(11-9-29)43-35(46)34-31(38)6-5-7-32(34)39)42-36(47)37(13-3-2-4-14-37)15-16-41-33(45)12-18-48-20-22-50-24-25-51-23-21-49-19-17-40-27-44/h2-3,5-11,27-28H,4,12-26H2,1H3,(H,40,44)(H,41,45)(H,42,47)(H,43,46). The molecule has 280 valence electrons. The Kier molecular flexibility index (Phi) is 19.6. The van der Waals surface area contributed by atoms with E-state index in [0.717, 1.165) is 12.0 Å². The van der Waals surface area contributed by atoms with Crippen LogP contribution in [0.1, 0.15) is 54.9 Å². The van der Waals surface area contributed by atoms with Gasteiger partial charge in [0.05, 0.1) is 73.9 Å². The SMILES string of the molecule is CC(Cc1ccc(NC(=O)c2c(Cl)cccc2Cl)cc1)NC(=O)C1(CCNC(=O)CCOCCOCCOCCOCCNC=O)CC=CCC1. The van der Waals surface area contributed by atoms with Crippen molar-refractivity contribution in [3.05, 3.63) is 75.8 Å². The summed E-state index contributed by atoms with van der Waals surface area (Å²) < 4.78 is 21.6. The summed E-state index contributed by atoms with van der Waals surface area (Å²) in [5, 5.41) is 12.0. The third-order valence-electron chi connectivity index (χ3n) is 8.26. The minimum atomic E-state index is -0.594. The number of amides is 4. The molecule has 3 rings (SSSR count). The third-order valence-corrected chi connectivity index (χ3v) is 8.89. The van der Waals surface area contributed by atoms with Crippen molar-refractivity contribution < 1.29 is 38.1 Å². The molecule has 0 aromatic heterocycles. The van der Waals surface area contributed by atoms with Crippen LogP contribution >= 0.6 is 23.2 Å². The molecule has 14 heteroatoms. The fourth-order valence-electron chi connectivity index (χ4n) is 5.50. The van der Waals surface area contributed by atoms with E-state index in [1.54, 1.807) is 30.3 Å². The summed E-state index contributed by atoms with van der Waals surface area (Å²) in [5.74, 6) is -0.533. The van der Waals surface area contributed by atoms with E-state index in [0.29, 0.717) is 97.1 Å². The number of carbonyl (C=O) groups excluding carboxylic acids is 4. The molecule has 0 bridgehead atoms. The van der Waals surface area contributed by atoms with Gasteiger partial charge in [-0.05, 0) is 68.9 Å². The van der Waals surface area contributed by atoms with Crippen LogP contribution in [0.4, 0.5) is 5.69 Å². The van der Waals surface area contributed by atoms with Gasteiger partial charge in [-0.1, -0.05) is 53.6 Å². The highest BCUT2D eigenvalue weighted by Crippen LogP contribution is 2.36. The predicted molar refractivity (Wildman–Crippen MR) is 197 cm³/mol. The van der Waals surface area contributed by atoms with Gasteiger partial charge in [-0.15, -0.1) is 0 Å². The Morgan fingerprint density at radius 1 is 0.843 bits per heavy atom. The van der Waals surface area contributed by atoms with E-state index in [1.165, 1.54) is 0 Å². The molecule has 0 spiro atoms. The van der Waals surface area contributed by atoms with Crippen LogP contribution in [0, 0.1) is 5.41 Å². The number of ether oxygens (including phenoxy) is 4. The second-order valence-electron chi connectivity index (χ2n) is 12.2. The highest BCUT2D eigenvalue weighted by molar-refractivity contribution is 6.40. The zero-order valence-corrected chi connectivity index (χ0v) is 30.7. The number of benzene rings is 2. The molecule has 1 aliphatic carbocycles. The highest BCUT2D eigenvalue weighted by Gasteiger charge is 2.38. The Labute approximate surface area is 310 Å². The normalized spacial score (nSPS) is 15.9. The molecule has 2 aromatic rings. The summed E-state index contributed by atoms with van der Waals surface area (Å²) >= 11 is 12.3. The number of hydrogen-bond donors (Lipinski definition) is 4. The molecule has 0 saturated heterocycles. The first-order chi connectivity index (χ1) is 24.7. The van der Waals surface area contributed by atoms with Crippen LogP contribution in [0.5, 0.6) is 0 Å². The van der Waals surface area contributed by atoms with Crippen molar-refractivity contribution in [3.63, 3.8) is 0 Å². The summed E-state index contributed by atoms with van der Waals surface area (Å²) in [6, 6.07) is 12.2. The van der Waals surface area contributed by atoms with Gasteiger partial charge in [0.25, 0.3) is 5.91 Å². The summed E-state index contributed by atoms with van der Waals surface area (Å²) in [5.41, 5.74) is 1.23. The van der Waals surface area contributed by atoms with Crippen LogP contribution in [0.15, 0.2) is 54.6 Å². The minimum absolute atomic E-state index is 0.0141. The lowest BCUT2D eigenvalue weighted by atomic mass is 9.73. The van der Waals surface area contributed by atoms with E-state index in [1.807, 2.05) is 25.1 Å². The van der Waals surface area contributed by atoms with E-state index < -0.39 is 11.3 Å². The lowest BCUT2D eigenvalue weighted by Crippen LogP contribution is -2.47. The number of allylic oxidation sites excluding steroid dienone is 2. The number of nitrogens with one attached hydrogen (secondary N) is 4. The van der Waals surface area contributed by atoms with Gasteiger partial charge >= 0.3 is 0 Å². The molecule has 2 atom stereocenters. The first-order valence-electron chi connectivity index (χ1n) is 17.3. The van der Waals surface area contributed by atoms with Gasteiger partial charge < -0.3 is 40.2 Å². The summed E-state index contributed by atoms with van der Waals surface area (Å²) in [6.45, 7) is 6.07. The first kappa shape index (κ1) is 41.9. The molecule has 12 nitrogen and oxygen atoms in total. The molecule has 0 radical (unpaired) electrons. The van der Waals surface area contributed by atoms with Crippen molar-refractivity contribution in [2.24, 2.45) is 5.41 Å². The van der Waals surface area contributed by atoms with Crippen molar-refractivity contribution in [1.29, 1.82) is 0 Å². The van der Waals surface area contributed by atoms with Crippen molar-refractivity contribution >= 4 is 53.0 Å². The van der Waals surface area contributed by atoms with Gasteiger partial charge in [-0.2, -0.15) is 0 Å². The molecular formula is C37H50Cl2N4O8. The van der Waals surface area contributed by atoms with Crippen LogP contribution in [0.2, 0.25) is 10.0 Å². The number of anilines is 1. The molecule has 4 amide bonds. The molecular weight excluding hydrogens is 699 g/mol. The lowest BCUT2D eigenvalue weighted by Gasteiger charge is -2.35. The van der Waals surface area contributed by atoms with E-state index in [2.05, 4.69) is 27.3 Å². The van der Waals surface area contributed by atoms with Crippen molar-refractivity contribution in [2.75, 3.05) is 71.3 Å². The van der Waals surface area contributed by atoms with E-state index >= 15 is 0 Å². The van der Waals surface area contributed by atoms with Gasteiger partial charge in [-0.25, -0.2) is 0 Å². The molecule has 0 heterocycles. The minimum Gasteiger partial charge on any atom is -0.379 e. The number of carbonyl (C=O) groups is 4. The summed E-state index contributed by atoms with van der Waals surface area (Å²) in [7, 11) is 0. The van der Waals surface area contributed by atoms with Crippen molar-refractivity contribution in [3.8, 4) is 0 Å². The molecule has 4 N–H and O–H groups in total. The van der Waals surface area contributed by atoms with Crippen LogP contribution in [0.25, 0.3) is 0 Å². The maximum Gasteiger partial charge on any atom is 0.258 e. The summed E-state index contributed by atoms with van der Waals surface area (Å²) in [6.07, 6.45) is 8.27. The highest BCUT2D eigenvalue weighted by atomic mass is 35.5. The van der Waals surface area contributed by atoms with Gasteiger partial charge in [0, 0.05) is 31.2 Å². The largest absolute Gasteiger partial charge is 0.379 e.